The zero-order valence-electron chi connectivity index (χ0n) is 17.5. The molecule has 1 aliphatic heterocycles. The van der Waals surface area contributed by atoms with E-state index in [1.165, 1.54) is 23.1 Å². The van der Waals surface area contributed by atoms with Crippen LogP contribution < -0.4 is 5.32 Å². The van der Waals surface area contributed by atoms with Crippen molar-refractivity contribution in [3.63, 3.8) is 0 Å². The Balaban J connectivity index is 1.41. The van der Waals surface area contributed by atoms with Crippen molar-refractivity contribution in [2.24, 2.45) is 0 Å². The summed E-state index contributed by atoms with van der Waals surface area (Å²) < 4.78 is 5.11. The van der Waals surface area contributed by atoms with Crippen LogP contribution in [0.2, 0.25) is 0 Å². The number of nitrogens with zero attached hydrogens (tertiary/aromatic N) is 2. The summed E-state index contributed by atoms with van der Waals surface area (Å²) in [7, 11) is 0. The lowest BCUT2D eigenvalue weighted by atomic mass is 10.1. The highest BCUT2D eigenvalue weighted by Gasteiger charge is 2.35. The number of carbonyl (C=O) groups excluding carboxylic acids is 4. The normalized spacial score (nSPS) is 12.7. The first-order valence-corrected chi connectivity index (χ1v) is 10.3. The molecule has 0 atom stereocenters. The highest BCUT2D eigenvalue weighted by Crippen LogP contribution is 2.25. The lowest BCUT2D eigenvalue weighted by Gasteiger charge is -2.12. The first-order valence-electron chi connectivity index (χ1n) is 10.3. The molecule has 0 radical (unpaired) electrons. The Morgan fingerprint density at radius 1 is 1.03 bits per heavy atom. The zero-order chi connectivity index (χ0) is 22.7. The van der Waals surface area contributed by atoms with Gasteiger partial charge in [0.25, 0.3) is 17.7 Å². The van der Waals surface area contributed by atoms with Gasteiger partial charge in [0.15, 0.2) is 6.61 Å². The Hall–Kier alpha value is -4.07. The molecule has 0 unspecified atom stereocenters. The van der Waals surface area contributed by atoms with Gasteiger partial charge in [-0.05, 0) is 48.9 Å². The third kappa shape index (κ3) is 4.07. The van der Waals surface area contributed by atoms with Gasteiger partial charge in [0.1, 0.15) is 0 Å². The van der Waals surface area contributed by atoms with E-state index in [2.05, 4.69) is 10.3 Å². The summed E-state index contributed by atoms with van der Waals surface area (Å²) in [5.41, 5.74) is 1.83. The second kappa shape index (κ2) is 8.97. The SMILES string of the molecule is CCCCN1C(=O)c2ccc(C(=O)OCC(=O)Nc3cccc4ncccc34)cc2C1=O. The van der Waals surface area contributed by atoms with Gasteiger partial charge in [0.05, 0.1) is 27.9 Å². The first kappa shape index (κ1) is 21.2. The standard InChI is InChI=1S/C24H21N3O5/c1-2-3-12-27-22(29)16-10-9-15(13-18(16)23(27)30)24(31)32-14-21(28)26-20-8-4-7-19-17(20)6-5-11-25-19/h4-11,13H,2-3,12,14H2,1H3,(H,26,28). The quantitative estimate of drug-likeness (QED) is 0.454. The van der Waals surface area contributed by atoms with Crippen molar-refractivity contribution in [3.05, 3.63) is 71.4 Å². The highest BCUT2D eigenvalue weighted by atomic mass is 16.5. The molecule has 0 fully saturated rings. The Bertz CT molecular complexity index is 1230. The van der Waals surface area contributed by atoms with Gasteiger partial charge in [-0.3, -0.25) is 24.3 Å². The first-order chi connectivity index (χ1) is 15.5. The number of hydrogen-bond acceptors (Lipinski definition) is 6. The Kier molecular flexibility index (Phi) is 5.93. The van der Waals surface area contributed by atoms with Crippen molar-refractivity contribution in [1.29, 1.82) is 0 Å². The molecule has 3 amide bonds. The number of unbranched alkanes of at least 4 members (excludes halogenated alkanes) is 1. The summed E-state index contributed by atoms with van der Waals surface area (Å²) in [6.45, 7) is 1.81. The lowest BCUT2D eigenvalue weighted by molar-refractivity contribution is -0.119. The number of nitrogens with one attached hydrogen (secondary N) is 1. The van der Waals surface area contributed by atoms with Crippen molar-refractivity contribution in [3.8, 4) is 0 Å². The topological polar surface area (TPSA) is 106 Å². The predicted octanol–water partition coefficient (Wildman–Crippen LogP) is 3.43. The van der Waals surface area contributed by atoms with Crippen LogP contribution in [0.3, 0.4) is 0 Å². The number of imide groups is 1. The summed E-state index contributed by atoms with van der Waals surface area (Å²) in [5.74, 6) is -2.04. The van der Waals surface area contributed by atoms with Gasteiger partial charge in [-0.2, -0.15) is 0 Å². The third-order valence-corrected chi connectivity index (χ3v) is 5.20. The monoisotopic (exact) mass is 431 g/mol. The summed E-state index contributed by atoms with van der Waals surface area (Å²) >= 11 is 0. The van der Waals surface area contributed by atoms with Crippen LogP contribution in [0.4, 0.5) is 5.69 Å². The van der Waals surface area contributed by atoms with E-state index in [-0.39, 0.29) is 22.6 Å². The fourth-order valence-corrected chi connectivity index (χ4v) is 3.55. The molecule has 0 saturated heterocycles. The van der Waals surface area contributed by atoms with E-state index in [1.54, 1.807) is 24.4 Å². The number of anilines is 1. The summed E-state index contributed by atoms with van der Waals surface area (Å²) in [6, 6.07) is 13.1. The van der Waals surface area contributed by atoms with E-state index in [0.717, 1.165) is 17.3 Å². The van der Waals surface area contributed by atoms with Gasteiger partial charge in [0, 0.05) is 18.1 Å². The maximum absolute atomic E-state index is 12.5. The number of hydrogen-bond donors (Lipinski definition) is 1. The van der Waals surface area contributed by atoms with Crippen LogP contribution in [0, 0.1) is 0 Å². The Morgan fingerprint density at radius 3 is 2.66 bits per heavy atom. The van der Waals surface area contributed by atoms with Crippen LogP contribution in [-0.2, 0) is 9.53 Å². The molecular formula is C24H21N3O5. The van der Waals surface area contributed by atoms with E-state index in [4.69, 9.17) is 4.74 Å². The number of carbonyl (C=O) groups is 4. The molecule has 8 heteroatoms. The molecule has 0 aliphatic carbocycles. The maximum atomic E-state index is 12.5. The average Bonchev–Trinajstić information content (AvgIpc) is 3.05. The minimum atomic E-state index is -0.755. The fourth-order valence-electron chi connectivity index (χ4n) is 3.55. The van der Waals surface area contributed by atoms with E-state index >= 15 is 0 Å². The van der Waals surface area contributed by atoms with Crippen LogP contribution in [-0.4, -0.2) is 46.7 Å². The minimum absolute atomic E-state index is 0.101. The largest absolute Gasteiger partial charge is 0.452 e. The molecule has 4 rings (SSSR count). The van der Waals surface area contributed by atoms with E-state index < -0.39 is 24.4 Å². The minimum Gasteiger partial charge on any atom is -0.452 e. The Morgan fingerprint density at radius 2 is 1.84 bits per heavy atom. The Labute approximate surface area is 184 Å². The van der Waals surface area contributed by atoms with Gasteiger partial charge in [-0.15, -0.1) is 0 Å². The molecule has 8 nitrogen and oxygen atoms in total. The predicted molar refractivity (Wildman–Crippen MR) is 117 cm³/mol. The van der Waals surface area contributed by atoms with Crippen LogP contribution in [0.1, 0.15) is 50.8 Å². The second-order valence-electron chi connectivity index (χ2n) is 7.38. The number of benzene rings is 2. The number of esters is 1. The highest BCUT2D eigenvalue weighted by molar-refractivity contribution is 6.22. The van der Waals surface area contributed by atoms with E-state index in [0.29, 0.717) is 18.7 Å². The average molecular weight is 431 g/mol. The summed E-state index contributed by atoms with van der Waals surface area (Å²) in [6.07, 6.45) is 3.22. The third-order valence-electron chi connectivity index (χ3n) is 5.20. The molecule has 1 aromatic heterocycles. The van der Waals surface area contributed by atoms with Crippen LogP contribution in [0.25, 0.3) is 10.9 Å². The molecule has 32 heavy (non-hydrogen) atoms. The molecule has 3 aromatic rings. The number of aromatic nitrogens is 1. The maximum Gasteiger partial charge on any atom is 0.338 e. The molecular weight excluding hydrogens is 410 g/mol. The van der Waals surface area contributed by atoms with Crippen LogP contribution in [0.15, 0.2) is 54.7 Å². The molecule has 162 valence electrons. The number of rotatable bonds is 7. The zero-order valence-corrected chi connectivity index (χ0v) is 17.5. The van der Waals surface area contributed by atoms with E-state index in [1.807, 2.05) is 19.1 Å². The van der Waals surface area contributed by atoms with Crippen molar-refractivity contribution in [1.82, 2.24) is 9.88 Å². The molecule has 0 bridgehead atoms. The van der Waals surface area contributed by atoms with Gasteiger partial charge in [-0.25, -0.2) is 4.79 Å². The van der Waals surface area contributed by atoms with Gasteiger partial charge in [-0.1, -0.05) is 19.4 Å². The molecule has 0 spiro atoms. The van der Waals surface area contributed by atoms with Crippen LogP contribution >= 0.6 is 0 Å². The van der Waals surface area contributed by atoms with Crippen LogP contribution in [0.5, 0.6) is 0 Å². The lowest BCUT2D eigenvalue weighted by Crippen LogP contribution is -2.30. The van der Waals surface area contributed by atoms with Crippen molar-refractivity contribution in [2.45, 2.75) is 19.8 Å². The molecule has 1 aliphatic rings. The van der Waals surface area contributed by atoms with Crippen molar-refractivity contribution < 1.29 is 23.9 Å². The molecule has 0 saturated carbocycles. The van der Waals surface area contributed by atoms with Gasteiger partial charge in [0.2, 0.25) is 0 Å². The van der Waals surface area contributed by atoms with Crippen molar-refractivity contribution >= 4 is 40.3 Å². The smallest absolute Gasteiger partial charge is 0.338 e. The molecule has 2 heterocycles. The second-order valence-corrected chi connectivity index (χ2v) is 7.38. The number of pyridine rings is 1. The molecule has 2 aromatic carbocycles. The van der Waals surface area contributed by atoms with Gasteiger partial charge < -0.3 is 10.1 Å². The fraction of sp³-hybridized carbons (Fsp3) is 0.208. The van der Waals surface area contributed by atoms with E-state index in [9.17, 15) is 19.2 Å². The molecule has 1 N–H and O–H groups in total. The number of fused-ring (bicyclic) bond motifs is 2. The number of ether oxygens (including phenoxy) is 1. The summed E-state index contributed by atoms with van der Waals surface area (Å²) in [4.78, 5) is 55.1. The number of amides is 3. The van der Waals surface area contributed by atoms with Crippen molar-refractivity contribution in [2.75, 3.05) is 18.5 Å². The van der Waals surface area contributed by atoms with Gasteiger partial charge >= 0.3 is 5.97 Å². The summed E-state index contributed by atoms with van der Waals surface area (Å²) in [5, 5.41) is 3.48.